The molecule has 0 N–H and O–H groups in total. The zero-order chi connectivity index (χ0) is 51.1. The zero-order valence-corrected chi connectivity index (χ0v) is 45.6. The molecule has 73 heavy (non-hydrogen) atoms. The lowest BCUT2D eigenvalue weighted by Crippen LogP contribution is -2.62. The van der Waals surface area contributed by atoms with Crippen LogP contribution in [0.4, 0.5) is 51.2 Å². The Hall–Kier alpha value is -6.78. The normalized spacial score (nSPS) is 17.3. The van der Waals surface area contributed by atoms with Crippen molar-refractivity contribution in [3.63, 3.8) is 0 Å². The second-order valence-electron chi connectivity index (χ2n) is 25.8. The molecule has 2 aliphatic carbocycles. The largest absolute Gasteiger partial charge is 0.311 e. The molecule has 4 heteroatoms. The highest BCUT2D eigenvalue weighted by Crippen LogP contribution is 2.56. The molecule has 12 rings (SSSR count). The quantitative estimate of drug-likeness (QED) is 0.154. The number of hydrogen-bond donors (Lipinski definition) is 0. The molecule has 0 fully saturated rings. The molecule has 0 radical (unpaired) electrons. The second-order valence-corrected chi connectivity index (χ2v) is 25.8. The molecule has 0 spiro atoms. The Balaban J connectivity index is 1.26. The van der Waals surface area contributed by atoms with E-state index in [1.54, 1.807) is 0 Å². The first-order valence-corrected chi connectivity index (χ1v) is 27.0. The van der Waals surface area contributed by atoms with E-state index in [0.717, 1.165) is 29.9 Å². The minimum Gasteiger partial charge on any atom is -0.311 e. The number of rotatable bonds is 6. The third-order valence-electron chi connectivity index (χ3n) is 17.7. The van der Waals surface area contributed by atoms with Crippen LogP contribution in [-0.2, 0) is 27.1 Å². The van der Waals surface area contributed by atoms with Crippen molar-refractivity contribution >= 4 is 74.3 Å². The van der Waals surface area contributed by atoms with E-state index in [4.69, 9.17) is 0 Å². The van der Waals surface area contributed by atoms with E-state index in [2.05, 4.69) is 269 Å². The molecule has 8 aromatic rings. The third kappa shape index (κ3) is 7.52. The molecule has 0 saturated heterocycles. The van der Waals surface area contributed by atoms with Crippen LogP contribution < -0.4 is 31.1 Å². The number of hydrogen-bond acceptors (Lipinski definition) is 3. The minimum atomic E-state index is -0.0594. The first kappa shape index (κ1) is 47.2. The second kappa shape index (κ2) is 16.4. The molecule has 4 aliphatic rings. The smallest absolute Gasteiger partial charge is 0.252 e. The summed E-state index contributed by atoms with van der Waals surface area (Å²) < 4.78 is 0. The minimum absolute atomic E-state index is 0.00310. The topological polar surface area (TPSA) is 9.72 Å². The van der Waals surface area contributed by atoms with Gasteiger partial charge in [-0.25, -0.2) is 0 Å². The van der Waals surface area contributed by atoms with E-state index in [-0.39, 0.29) is 33.8 Å². The number of anilines is 9. The molecule has 366 valence electrons. The fourth-order valence-corrected chi connectivity index (χ4v) is 13.8. The standard InChI is InChI=1S/C69H72BN3/c1-44-29-30-47(46-23-17-14-18-24-46)36-59(44)72-58-32-31-48(65(3,4)5)37-56(58)70-57-40-53-55(69(12,13)43-68(53,10)11)42-61(57)73(60-41-54-52(35-45(60)2)66(6,7)33-34-67(54,8)9)63-39-51(38-62(72)64(63)70)71(49-25-19-15-20-26-49)50-27-21-16-22-28-50/h14-32,35-42H,33-34,43H2,1-13H3. The predicted molar refractivity (Wildman–Crippen MR) is 315 cm³/mol. The van der Waals surface area contributed by atoms with E-state index in [0.29, 0.717) is 0 Å². The van der Waals surface area contributed by atoms with Crippen molar-refractivity contribution in [2.24, 2.45) is 0 Å². The molecule has 2 aliphatic heterocycles. The van der Waals surface area contributed by atoms with Crippen LogP contribution >= 0.6 is 0 Å². The summed E-state index contributed by atoms with van der Waals surface area (Å²) in [7, 11) is 0. The Labute approximate surface area is 437 Å². The maximum atomic E-state index is 2.74. The highest BCUT2D eigenvalue weighted by atomic mass is 15.2. The summed E-state index contributed by atoms with van der Waals surface area (Å²) in [4.78, 5) is 7.86. The Bertz CT molecular complexity index is 3460. The summed E-state index contributed by atoms with van der Waals surface area (Å²) >= 11 is 0. The van der Waals surface area contributed by atoms with Gasteiger partial charge in [0.1, 0.15) is 0 Å². The average Bonchev–Trinajstić information content (AvgIpc) is 3.54. The van der Waals surface area contributed by atoms with Crippen molar-refractivity contribution in [2.75, 3.05) is 14.7 Å². The molecule has 0 bridgehead atoms. The molecule has 2 heterocycles. The van der Waals surface area contributed by atoms with Crippen LogP contribution in [0, 0.1) is 13.8 Å². The van der Waals surface area contributed by atoms with Crippen LogP contribution in [0.3, 0.4) is 0 Å². The lowest BCUT2D eigenvalue weighted by molar-refractivity contribution is 0.332. The van der Waals surface area contributed by atoms with Crippen molar-refractivity contribution in [1.29, 1.82) is 0 Å². The van der Waals surface area contributed by atoms with E-state index >= 15 is 0 Å². The SMILES string of the molecule is Cc1ccc(-c2ccccc2)cc1N1c2ccc(C(C)(C)C)cc2B2c3cc4c(cc3N(c3cc5c(cc3C)C(C)(C)CCC5(C)C)c3cc(N(c5ccccc5)c5ccccc5)cc1c32)C(C)(C)CC4(C)C. The van der Waals surface area contributed by atoms with Gasteiger partial charge >= 0.3 is 0 Å². The van der Waals surface area contributed by atoms with Gasteiger partial charge in [-0.2, -0.15) is 0 Å². The van der Waals surface area contributed by atoms with Crippen molar-refractivity contribution in [1.82, 2.24) is 0 Å². The monoisotopic (exact) mass is 954 g/mol. The van der Waals surface area contributed by atoms with E-state index < -0.39 is 0 Å². The van der Waals surface area contributed by atoms with Crippen LogP contribution in [0.1, 0.15) is 134 Å². The van der Waals surface area contributed by atoms with Crippen LogP contribution in [0.25, 0.3) is 11.1 Å². The Kier molecular flexibility index (Phi) is 10.6. The zero-order valence-electron chi connectivity index (χ0n) is 45.6. The van der Waals surface area contributed by atoms with Gasteiger partial charge in [0, 0.05) is 45.5 Å². The molecule has 0 saturated carbocycles. The molecule has 0 amide bonds. The van der Waals surface area contributed by atoms with E-state index in [9.17, 15) is 0 Å². The molecule has 0 aromatic heterocycles. The summed E-state index contributed by atoms with van der Waals surface area (Å²) in [5.74, 6) is 0. The van der Waals surface area contributed by atoms with Crippen molar-refractivity contribution in [2.45, 2.75) is 136 Å². The molecule has 3 nitrogen and oxygen atoms in total. The summed E-state index contributed by atoms with van der Waals surface area (Å²) in [5, 5.41) is 0. The summed E-state index contributed by atoms with van der Waals surface area (Å²) in [5.41, 5.74) is 27.3. The lowest BCUT2D eigenvalue weighted by Gasteiger charge is -2.47. The predicted octanol–water partition coefficient (Wildman–Crippen LogP) is 17.1. The molecule has 0 atom stereocenters. The lowest BCUT2D eigenvalue weighted by atomic mass is 9.33. The Morgan fingerprint density at radius 3 is 1.49 bits per heavy atom. The highest BCUT2D eigenvalue weighted by molar-refractivity contribution is 7.00. The van der Waals surface area contributed by atoms with Gasteiger partial charge in [0.05, 0.1) is 5.69 Å². The first-order valence-electron chi connectivity index (χ1n) is 27.0. The fraction of sp³-hybridized carbons (Fsp3) is 0.304. The van der Waals surface area contributed by atoms with Gasteiger partial charge in [0.2, 0.25) is 0 Å². The van der Waals surface area contributed by atoms with Gasteiger partial charge in [-0.1, -0.05) is 179 Å². The van der Waals surface area contributed by atoms with Crippen molar-refractivity contribution in [3.05, 3.63) is 203 Å². The van der Waals surface area contributed by atoms with Crippen LogP contribution in [0.5, 0.6) is 0 Å². The maximum Gasteiger partial charge on any atom is 0.252 e. The van der Waals surface area contributed by atoms with Crippen LogP contribution in [0.2, 0.25) is 0 Å². The Morgan fingerprint density at radius 1 is 0.411 bits per heavy atom. The fourth-order valence-electron chi connectivity index (χ4n) is 13.8. The summed E-state index contributed by atoms with van der Waals surface area (Å²) in [6, 6.07) is 63.0. The third-order valence-corrected chi connectivity index (χ3v) is 17.7. The molecular formula is C69H72BN3. The van der Waals surface area contributed by atoms with Crippen molar-refractivity contribution < 1.29 is 0 Å². The highest BCUT2D eigenvalue weighted by Gasteiger charge is 2.49. The Morgan fingerprint density at radius 2 is 0.904 bits per heavy atom. The number of para-hydroxylation sites is 2. The number of benzene rings is 8. The van der Waals surface area contributed by atoms with Gasteiger partial charge in [-0.05, 0) is 187 Å². The first-order chi connectivity index (χ1) is 34.6. The van der Waals surface area contributed by atoms with Crippen molar-refractivity contribution in [3.8, 4) is 11.1 Å². The van der Waals surface area contributed by atoms with Gasteiger partial charge in [0.25, 0.3) is 6.71 Å². The van der Waals surface area contributed by atoms with E-state index in [1.807, 2.05) is 0 Å². The van der Waals surface area contributed by atoms with Crippen LogP contribution in [0.15, 0.2) is 164 Å². The maximum absolute atomic E-state index is 2.74. The summed E-state index contributed by atoms with van der Waals surface area (Å²) in [6.45, 7) is 31.5. The number of fused-ring (bicyclic) bond motifs is 6. The van der Waals surface area contributed by atoms with Gasteiger partial charge in [0.15, 0.2) is 0 Å². The van der Waals surface area contributed by atoms with E-state index in [1.165, 1.54) is 107 Å². The van der Waals surface area contributed by atoms with Gasteiger partial charge in [-0.3, -0.25) is 0 Å². The molecular weight excluding hydrogens is 882 g/mol. The summed E-state index contributed by atoms with van der Waals surface area (Å²) in [6.07, 6.45) is 3.44. The number of nitrogens with zero attached hydrogens (tertiary/aromatic N) is 3. The average molecular weight is 954 g/mol. The van der Waals surface area contributed by atoms with Gasteiger partial charge in [-0.15, -0.1) is 0 Å². The molecule has 8 aromatic carbocycles. The van der Waals surface area contributed by atoms with Gasteiger partial charge < -0.3 is 14.7 Å². The van der Waals surface area contributed by atoms with Crippen LogP contribution in [-0.4, -0.2) is 6.71 Å². The molecule has 0 unspecified atom stereocenters. The number of aryl methyl sites for hydroxylation is 2.